The van der Waals surface area contributed by atoms with Crippen LogP contribution in [0.5, 0.6) is 0 Å². The Hall–Kier alpha value is 0.380. The summed E-state index contributed by atoms with van der Waals surface area (Å²) in [5, 5.41) is 32.8. The van der Waals surface area contributed by atoms with Gasteiger partial charge in [-0.05, 0) is 0 Å². The Kier molecular flexibility index (Phi) is 5.40. The molecule has 1 saturated heterocycles. The van der Waals surface area contributed by atoms with Crippen LogP contribution in [0, 0.1) is 0 Å². The second-order valence-corrected chi connectivity index (χ2v) is 4.91. The lowest BCUT2D eigenvalue weighted by Crippen LogP contribution is -2.43. The Labute approximate surface area is 87.1 Å². The summed E-state index contributed by atoms with van der Waals surface area (Å²) >= 11 is 0. The van der Waals surface area contributed by atoms with Crippen LogP contribution >= 0.6 is 21.6 Å². The SMILES string of the molecule is ON(O)OC1CSSCC1ON(O)O. The fraction of sp³-hybridized carbons (Fsp3) is 1.00. The first-order valence-electron chi connectivity index (χ1n) is 3.53. The van der Waals surface area contributed by atoms with E-state index in [1.807, 2.05) is 0 Å². The highest BCUT2D eigenvalue weighted by Crippen LogP contribution is 2.32. The molecule has 0 aromatic heterocycles. The first-order chi connectivity index (χ1) is 6.59. The molecule has 0 aliphatic carbocycles. The summed E-state index contributed by atoms with van der Waals surface area (Å²) in [7, 11) is 2.91. The first-order valence-corrected chi connectivity index (χ1v) is 6.02. The fourth-order valence-electron chi connectivity index (χ4n) is 0.884. The number of rotatable bonds is 4. The summed E-state index contributed by atoms with van der Waals surface area (Å²) in [4.78, 5) is 9.08. The molecule has 2 atom stereocenters. The molecule has 0 saturated carbocycles. The van der Waals surface area contributed by atoms with E-state index in [2.05, 4.69) is 9.68 Å². The van der Waals surface area contributed by atoms with Crippen LogP contribution in [0.1, 0.15) is 0 Å². The second-order valence-electron chi connectivity index (χ2n) is 2.36. The molecule has 84 valence electrons. The second kappa shape index (κ2) is 6.07. The van der Waals surface area contributed by atoms with Crippen LogP contribution < -0.4 is 0 Å². The van der Waals surface area contributed by atoms with Crippen LogP contribution in [-0.2, 0) is 9.68 Å². The molecule has 0 aromatic carbocycles. The van der Waals surface area contributed by atoms with Crippen molar-refractivity contribution >= 4 is 21.6 Å². The highest BCUT2D eigenvalue weighted by atomic mass is 33.1. The quantitative estimate of drug-likeness (QED) is 0.404. The molecule has 1 rings (SSSR count). The van der Waals surface area contributed by atoms with Gasteiger partial charge in [-0.2, -0.15) is 0 Å². The van der Waals surface area contributed by atoms with Crippen molar-refractivity contribution in [2.75, 3.05) is 11.5 Å². The van der Waals surface area contributed by atoms with E-state index in [4.69, 9.17) is 20.8 Å². The van der Waals surface area contributed by atoms with Crippen LogP contribution in [-0.4, -0.2) is 55.3 Å². The van der Waals surface area contributed by atoms with Crippen molar-refractivity contribution in [3.8, 4) is 0 Å². The Morgan fingerprint density at radius 3 is 1.50 bits per heavy atom. The van der Waals surface area contributed by atoms with Crippen molar-refractivity contribution in [2.45, 2.75) is 12.2 Å². The average molecular weight is 246 g/mol. The van der Waals surface area contributed by atoms with Crippen molar-refractivity contribution in [1.29, 1.82) is 0 Å². The molecule has 1 heterocycles. The molecule has 4 N–H and O–H groups in total. The topological polar surface area (TPSA) is 106 Å². The van der Waals surface area contributed by atoms with E-state index in [1.54, 1.807) is 0 Å². The fourth-order valence-corrected chi connectivity index (χ4v) is 3.28. The lowest BCUT2D eigenvalue weighted by Gasteiger charge is -2.29. The van der Waals surface area contributed by atoms with Crippen LogP contribution in [0.2, 0.25) is 0 Å². The molecular weight excluding hydrogens is 236 g/mol. The summed E-state index contributed by atoms with van der Waals surface area (Å²) in [6.07, 6.45) is -1.34. The molecule has 1 fully saturated rings. The standard InChI is InChI=1S/C4H10N2O6S2/c7-5(8)11-3-1-13-14-2-4(3)12-6(9)10/h3-4,7-10H,1-2H2. The largest absolute Gasteiger partial charge is 0.266 e. The van der Waals surface area contributed by atoms with Crippen molar-refractivity contribution < 1.29 is 30.5 Å². The van der Waals surface area contributed by atoms with Gasteiger partial charge in [0, 0.05) is 11.5 Å². The third-order valence-electron chi connectivity index (χ3n) is 1.42. The first kappa shape index (κ1) is 12.4. The molecule has 0 radical (unpaired) electrons. The van der Waals surface area contributed by atoms with Gasteiger partial charge in [0.15, 0.2) is 0 Å². The maximum absolute atomic E-state index is 8.41. The van der Waals surface area contributed by atoms with Gasteiger partial charge in [0.25, 0.3) is 0 Å². The van der Waals surface area contributed by atoms with E-state index in [-0.39, 0.29) is 0 Å². The minimum Gasteiger partial charge on any atom is -0.266 e. The molecule has 0 aromatic rings. The molecule has 2 unspecified atom stereocenters. The molecule has 1 aliphatic heterocycles. The number of nitrogens with zero attached hydrogens (tertiary/aromatic N) is 2. The van der Waals surface area contributed by atoms with Crippen molar-refractivity contribution in [2.24, 2.45) is 0 Å². The zero-order valence-electron chi connectivity index (χ0n) is 6.89. The van der Waals surface area contributed by atoms with E-state index >= 15 is 0 Å². The van der Waals surface area contributed by atoms with Gasteiger partial charge in [-0.15, -0.1) is 0 Å². The zero-order chi connectivity index (χ0) is 10.6. The molecule has 0 spiro atoms. The normalized spacial score (nSPS) is 28.7. The van der Waals surface area contributed by atoms with Crippen molar-refractivity contribution in [3.63, 3.8) is 0 Å². The molecule has 14 heavy (non-hydrogen) atoms. The van der Waals surface area contributed by atoms with Gasteiger partial charge < -0.3 is 0 Å². The van der Waals surface area contributed by atoms with Crippen LogP contribution in [0.3, 0.4) is 0 Å². The maximum atomic E-state index is 8.41. The van der Waals surface area contributed by atoms with Crippen molar-refractivity contribution in [1.82, 2.24) is 10.8 Å². The summed E-state index contributed by atoms with van der Waals surface area (Å²) in [6.45, 7) is 0. The Bertz CT molecular complexity index is 154. The van der Waals surface area contributed by atoms with E-state index in [1.165, 1.54) is 21.6 Å². The highest BCUT2D eigenvalue weighted by molar-refractivity contribution is 8.76. The average Bonchev–Trinajstić information content (AvgIpc) is 2.06. The molecule has 0 bridgehead atoms. The lowest BCUT2D eigenvalue weighted by molar-refractivity contribution is -0.535. The number of hydrogen-bond acceptors (Lipinski definition) is 10. The number of hydrogen-bond donors (Lipinski definition) is 4. The van der Waals surface area contributed by atoms with Gasteiger partial charge >= 0.3 is 0 Å². The van der Waals surface area contributed by atoms with Crippen molar-refractivity contribution in [3.05, 3.63) is 0 Å². The maximum Gasteiger partial charge on any atom is 0.123 e. The molecule has 8 nitrogen and oxygen atoms in total. The predicted octanol–water partition coefficient (Wildman–Crippen LogP) is 0.143. The third-order valence-corrected chi connectivity index (χ3v) is 3.83. The smallest absolute Gasteiger partial charge is 0.123 e. The summed E-state index contributed by atoms with van der Waals surface area (Å²) in [5.74, 6) is 0.863. The summed E-state index contributed by atoms with van der Waals surface area (Å²) in [6, 6.07) is 0. The Morgan fingerprint density at radius 1 is 0.857 bits per heavy atom. The molecule has 0 amide bonds. The zero-order valence-corrected chi connectivity index (χ0v) is 8.52. The summed E-state index contributed by atoms with van der Waals surface area (Å²) < 4.78 is 0. The van der Waals surface area contributed by atoms with Gasteiger partial charge in [-0.25, -0.2) is 9.68 Å². The Balaban J connectivity index is 2.41. The van der Waals surface area contributed by atoms with Crippen LogP contribution in [0.25, 0.3) is 0 Å². The van der Waals surface area contributed by atoms with Gasteiger partial charge in [0.2, 0.25) is 0 Å². The predicted molar refractivity (Wildman–Crippen MR) is 45.5 cm³/mol. The van der Waals surface area contributed by atoms with E-state index in [0.29, 0.717) is 11.5 Å². The van der Waals surface area contributed by atoms with Gasteiger partial charge in [-0.1, -0.05) is 21.6 Å². The van der Waals surface area contributed by atoms with E-state index < -0.39 is 23.0 Å². The van der Waals surface area contributed by atoms with Gasteiger partial charge in [0.05, 0.1) is 10.8 Å². The molecule has 10 heteroatoms. The molecule has 1 aliphatic rings. The monoisotopic (exact) mass is 246 g/mol. The van der Waals surface area contributed by atoms with Gasteiger partial charge in [0.1, 0.15) is 12.2 Å². The summed E-state index contributed by atoms with van der Waals surface area (Å²) in [5.41, 5.74) is 0. The molecular formula is C4H10N2O6S2. The Morgan fingerprint density at radius 2 is 1.21 bits per heavy atom. The van der Waals surface area contributed by atoms with Crippen LogP contribution in [0.15, 0.2) is 0 Å². The lowest BCUT2D eigenvalue weighted by atomic mass is 10.2. The van der Waals surface area contributed by atoms with Gasteiger partial charge in [-0.3, -0.25) is 20.8 Å². The van der Waals surface area contributed by atoms with Crippen LogP contribution in [0.4, 0.5) is 0 Å². The van der Waals surface area contributed by atoms with E-state index in [0.717, 1.165) is 0 Å². The minimum absolute atomic E-state index is 0.420. The highest BCUT2D eigenvalue weighted by Gasteiger charge is 2.31. The third kappa shape index (κ3) is 4.27. The minimum atomic E-state index is -0.668. The van der Waals surface area contributed by atoms with E-state index in [9.17, 15) is 0 Å².